The number of hydrogen-bond donors (Lipinski definition) is 0. The van der Waals surface area contributed by atoms with Gasteiger partial charge in [0.1, 0.15) is 0 Å². The highest BCUT2D eigenvalue weighted by molar-refractivity contribution is 14.1. The lowest BCUT2D eigenvalue weighted by molar-refractivity contribution is -0.121. The maximum Gasteiger partial charge on any atom is 0.239 e. The van der Waals surface area contributed by atoms with Gasteiger partial charge in [0, 0.05) is 5.92 Å². The zero-order valence-corrected chi connectivity index (χ0v) is 10.5. The van der Waals surface area contributed by atoms with E-state index < -0.39 is 0 Å². The monoisotopic (exact) mass is 313 g/mol. The highest BCUT2D eigenvalue weighted by Crippen LogP contribution is 2.48. The summed E-state index contributed by atoms with van der Waals surface area (Å²) >= 11 is 2.13. The minimum absolute atomic E-state index is 0.247. The van der Waals surface area contributed by atoms with Crippen LogP contribution in [0.4, 0.5) is 5.69 Å². The average molecular weight is 313 g/mol. The molecule has 1 heterocycles. The highest BCUT2D eigenvalue weighted by atomic mass is 127. The molecule has 15 heavy (non-hydrogen) atoms. The lowest BCUT2D eigenvalue weighted by Crippen LogP contribution is -2.35. The Morgan fingerprint density at radius 3 is 2.80 bits per heavy atom. The maximum atomic E-state index is 12.1. The summed E-state index contributed by atoms with van der Waals surface area (Å²) in [6.45, 7) is 0. The van der Waals surface area contributed by atoms with Gasteiger partial charge in [-0.05, 0) is 30.4 Å². The summed E-state index contributed by atoms with van der Waals surface area (Å²) in [6.07, 6.45) is 3.44. The number of halogens is 1. The topological polar surface area (TPSA) is 20.3 Å². The number of carbonyl (C=O) groups excluding carboxylic acids is 1. The van der Waals surface area contributed by atoms with E-state index in [0.717, 1.165) is 12.1 Å². The Kier molecular flexibility index (Phi) is 2.23. The molecule has 0 N–H and O–H groups in total. The second-order valence-corrected chi connectivity index (χ2v) is 5.29. The molecule has 1 aromatic carbocycles. The van der Waals surface area contributed by atoms with Crippen molar-refractivity contribution < 1.29 is 4.79 Å². The number of para-hydroxylation sites is 1. The third-order valence-corrected chi connectivity index (χ3v) is 4.57. The summed E-state index contributed by atoms with van der Waals surface area (Å²) in [7, 11) is 0. The molecular weight excluding hydrogens is 301 g/mol. The van der Waals surface area contributed by atoms with E-state index in [1.807, 2.05) is 12.1 Å². The van der Waals surface area contributed by atoms with E-state index in [1.165, 1.54) is 18.4 Å². The van der Waals surface area contributed by atoms with Crippen molar-refractivity contribution in [1.29, 1.82) is 0 Å². The van der Waals surface area contributed by atoms with Gasteiger partial charge in [-0.15, -0.1) is 0 Å². The second kappa shape index (κ2) is 3.47. The Balaban J connectivity index is 2.16. The first-order chi connectivity index (χ1) is 7.29. The molecule has 1 aliphatic carbocycles. The van der Waals surface area contributed by atoms with Crippen LogP contribution in [0.1, 0.15) is 30.7 Å². The summed E-state index contributed by atoms with van der Waals surface area (Å²) in [5, 5.41) is 0. The van der Waals surface area contributed by atoms with Crippen LogP contribution in [0.5, 0.6) is 0 Å². The van der Waals surface area contributed by atoms with E-state index in [0.29, 0.717) is 11.8 Å². The van der Waals surface area contributed by atoms with Gasteiger partial charge >= 0.3 is 0 Å². The lowest BCUT2D eigenvalue weighted by Gasteiger charge is -2.32. The standard InChI is InChI=1S/C12H12INO/c13-14-11-7-2-1-4-9(11)8-5-3-6-10(8)12(14)15/h1-2,4,7-8,10H,3,5-6H2. The van der Waals surface area contributed by atoms with Crippen LogP contribution in [-0.2, 0) is 4.79 Å². The van der Waals surface area contributed by atoms with Gasteiger partial charge in [0.2, 0.25) is 5.91 Å². The predicted octanol–water partition coefficient (Wildman–Crippen LogP) is 3.27. The average Bonchev–Trinajstić information content (AvgIpc) is 2.75. The van der Waals surface area contributed by atoms with Gasteiger partial charge in [0.15, 0.2) is 0 Å². The Bertz CT molecular complexity index is 418. The van der Waals surface area contributed by atoms with Crippen LogP contribution in [0.15, 0.2) is 24.3 Å². The zero-order chi connectivity index (χ0) is 10.4. The van der Waals surface area contributed by atoms with E-state index in [2.05, 4.69) is 35.0 Å². The molecule has 0 bridgehead atoms. The first-order valence-corrected chi connectivity index (χ1v) is 6.34. The maximum absolute atomic E-state index is 12.1. The molecule has 1 fully saturated rings. The minimum Gasteiger partial charge on any atom is -0.273 e. The van der Waals surface area contributed by atoms with Gasteiger partial charge < -0.3 is 0 Å². The van der Waals surface area contributed by atoms with Crippen molar-refractivity contribution in [3.8, 4) is 0 Å². The van der Waals surface area contributed by atoms with Crippen LogP contribution in [0.3, 0.4) is 0 Å². The van der Waals surface area contributed by atoms with Gasteiger partial charge in [0.05, 0.1) is 28.6 Å². The van der Waals surface area contributed by atoms with E-state index in [4.69, 9.17) is 0 Å². The quantitative estimate of drug-likeness (QED) is 0.532. The minimum atomic E-state index is 0.247. The SMILES string of the molecule is O=C1C2CCCC2c2ccccc2N1I. The number of nitrogens with zero attached hydrogens (tertiary/aromatic N) is 1. The van der Waals surface area contributed by atoms with E-state index in [1.54, 1.807) is 3.11 Å². The molecule has 78 valence electrons. The molecule has 2 nitrogen and oxygen atoms in total. The Labute approximate surface area is 103 Å². The summed E-state index contributed by atoms with van der Waals surface area (Å²) in [6, 6.07) is 8.31. The summed E-state index contributed by atoms with van der Waals surface area (Å²) < 4.78 is 1.81. The van der Waals surface area contributed by atoms with Crippen molar-refractivity contribution in [2.75, 3.05) is 3.11 Å². The Morgan fingerprint density at radius 2 is 1.93 bits per heavy atom. The smallest absolute Gasteiger partial charge is 0.239 e. The van der Waals surface area contributed by atoms with Crippen molar-refractivity contribution in [1.82, 2.24) is 0 Å². The van der Waals surface area contributed by atoms with Crippen LogP contribution >= 0.6 is 22.9 Å². The molecule has 3 rings (SSSR count). The third-order valence-electron chi connectivity index (χ3n) is 3.57. The van der Waals surface area contributed by atoms with Crippen molar-refractivity contribution in [3.05, 3.63) is 29.8 Å². The van der Waals surface area contributed by atoms with Gasteiger partial charge in [-0.25, -0.2) is 0 Å². The molecule has 1 saturated carbocycles. The van der Waals surface area contributed by atoms with Crippen molar-refractivity contribution in [3.63, 3.8) is 0 Å². The summed E-state index contributed by atoms with van der Waals surface area (Å²) in [5.74, 6) is 1.04. The van der Waals surface area contributed by atoms with Gasteiger partial charge in [0.25, 0.3) is 0 Å². The first-order valence-electron chi connectivity index (χ1n) is 5.37. The molecular formula is C12H12INO. The number of fused-ring (bicyclic) bond motifs is 3. The molecule has 0 aromatic heterocycles. The fourth-order valence-electron chi connectivity index (χ4n) is 2.87. The van der Waals surface area contributed by atoms with Crippen molar-refractivity contribution in [2.45, 2.75) is 25.2 Å². The molecule has 3 heteroatoms. The molecule has 0 radical (unpaired) electrons. The van der Waals surface area contributed by atoms with Crippen molar-refractivity contribution >= 4 is 34.5 Å². The van der Waals surface area contributed by atoms with Crippen LogP contribution < -0.4 is 3.11 Å². The highest BCUT2D eigenvalue weighted by Gasteiger charge is 2.41. The molecule has 2 aliphatic rings. The number of hydrogen-bond acceptors (Lipinski definition) is 1. The lowest BCUT2D eigenvalue weighted by atomic mass is 9.84. The molecule has 1 aliphatic heterocycles. The number of anilines is 1. The Morgan fingerprint density at radius 1 is 1.20 bits per heavy atom. The van der Waals surface area contributed by atoms with E-state index >= 15 is 0 Å². The molecule has 0 saturated heterocycles. The number of carbonyl (C=O) groups is 1. The first kappa shape index (κ1) is 9.63. The van der Waals surface area contributed by atoms with E-state index in [-0.39, 0.29) is 5.92 Å². The summed E-state index contributed by atoms with van der Waals surface area (Å²) in [4.78, 5) is 12.1. The molecule has 2 unspecified atom stereocenters. The predicted molar refractivity (Wildman–Crippen MR) is 68.0 cm³/mol. The van der Waals surface area contributed by atoms with Gasteiger partial charge in [-0.2, -0.15) is 0 Å². The number of amides is 1. The van der Waals surface area contributed by atoms with Crippen molar-refractivity contribution in [2.24, 2.45) is 5.92 Å². The van der Waals surface area contributed by atoms with Crippen LogP contribution in [0, 0.1) is 5.92 Å². The van der Waals surface area contributed by atoms with E-state index in [9.17, 15) is 4.79 Å². The molecule has 1 aromatic rings. The fraction of sp³-hybridized carbons (Fsp3) is 0.417. The van der Waals surface area contributed by atoms with Crippen LogP contribution in [0.25, 0.3) is 0 Å². The fourth-order valence-corrected chi connectivity index (χ4v) is 3.67. The third kappa shape index (κ3) is 1.32. The summed E-state index contributed by atoms with van der Waals surface area (Å²) in [5.41, 5.74) is 2.47. The second-order valence-electron chi connectivity index (χ2n) is 4.32. The Hall–Kier alpha value is -0.580. The van der Waals surface area contributed by atoms with Crippen LogP contribution in [0.2, 0.25) is 0 Å². The molecule has 2 atom stereocenters. The normalized spacial score (nSPS) is 28.9. The molecule has 1 amide bonds. The molecule has 0 spiro atoms. The van der Waals surface area contributed by atoms with Gasteiger partial charge in [-0.1, -0.05) is 24.6 Å². The largest absolute Gasteiger partial charge is 0.273 e. The van der Waals surface area contributed by atoms with Crippen LogP contribution in [-0.4, -0.2) is 5.91 Å². The van der Waals surface area contributed by atoms with Gasteiger partial charge in [-0.3, -0.25) is 7.91 Å². The number of rotatable bonds is 0. The zero-order valence-electron chi connectivity index (χ0n) is 8.32. The number of benzene rings is 1.